The van der Waals surface area contributed by atoms with Crippen molar-refractivity contribution < 1.29 is 9.53 Å². The smallest absolute Gasteiger partial charge is 0.161 e. The van der Waals surface area contributed by atoms with Gasteiger partial charge in [0.15, 0.2) is 5.78 Å². The maximum atomic E-state index is 12.0. The van der Waals surface area contributed by atoms with Crippen molar-refractivity contribution in [2.24, 2.45) is 5.92 Å². The molecule has 0 saturated heterocycles. The summed E-state index contributed by atoms with van der Waals surface area (Å²) in [7, 11) is 0. The molecule has 2 atom stereocenters. The van der Waals surface area contributed by atoms with Crippen LogP contribution in [-0.4, -0.2) is 18.5 Å². The minimum absolute atomic E-state index is 0.148. The van der Waals surface area contributed by atoms with Crippen LogP contribution in [0.2, 0.25) is 0 Å². The van der Waals surface area contributed by atoms with E-state index in [4.69, 9.17) is 4.74 Å². The van der Waals surface area contributed by atoms with Crippen molar-refractivity contribution in [3.8, 4) is 0 Å². The Morgan fingerprint density at radius 2 is 2.19 bits per heavy atom. The summed E-state index contributed by atoms with van der Waals surface area (Å²) in [6.07, 6.45) is 10.0. The molecule has 1 rings (SSSR count). The maximum absolute atomic E-state index is 12.0. The van der Waals surface area contributed by atoms with Gasteiger partial charge in [0.25, 0.3) is 0 Å². The van der Waals surface area contributed by atoms with Crippen molar-refractivity contribution in [1.82, 2.24) is 0 Å². The Labute approximate surface area is 99.1 Å². The summed E-state index contributed by atoms with van der Waals surface area (Å²) >= 11 is 0. The Hall–Kier alpha value is -0.630. The van der Waals surface area contributed by atoms with Crippen LogP contribution >= 0.6 is 0 Å². The lowest BCUT2D eigenvalue weighted by Gasteiger charge is -2.27. The van der Waals surface area contributed by atoms with E-state index in [1.165, 1.54) is 0 Å². The van der Waals surface area contributed by atoms with Gasteiger partial charge in [-0.1, -0.05) is 26.0 Å². The fourth-order valence-corrected chi connectivity index (χ4v) is 2.22. The van der Waals surface area contributed by atoms with Crippen molar-refractivity contribution in [3.63, 3.8) is 0 Å². The molecule has 16 heavy (non-hydrogen) atoms. The molecular weight excluding hydrogens is 200 g/mol. The van der Waals surface area contributed by atoms with Crippen LogP contribution in [0.1, 0.15) is 52.4 Å². The molecule has 0 radical (unpaired) electrons. The zero-order valence-corrected chi connectivity index (χ0v) is 10.6. The molecule has 2 unspecified atom stereocenters. The summed E-state index contributed by atoms with van der Waals surface area (Å²) in [5.74, 6) is 0.715. The molecule has 0 N–H and O–H groups in total. The van der Waals surface area contributed by atoms with E-state index in [0.29, 0.717) is 24.7 Å². The summed E-state index contributed by atoms with van der Waals surface area (Å²) < 4.78 is 5.76. The number of ketones is 1. The molecule has 1 aliphatic carbocycles. The minimum atomic E-state index is -0.148. The molecule has 0 fully saturated rings. The molecule has 0 spiro atoms. The fourth-order valence-electron chi connectivity index (χ4n) is 2.22. The molecule has 0 bridgehead atoms. The third-order valence-corrected chi connectivity index (χ3v) is 3.05. The summed E-state index contributed by atoms with van der Waals surface area (Å²) in [5.41, 5.74) is 0. The highest BCUT2D eigenvalue weighted by molar-refractivity contribution is 5.83. The molecule has 0 aromatic heterocycles. The average molecular weight is 224 g/mol. The van der Waals surface area contributed by atoms with Crippen LogP contribution in [0.25, 0.3) is 0 Å². The lowest BCUT2D eigenvalue weighted by Crippen LogP contribution is -2.33. The third-order valence-electron chi connectivity index (χ3n) is 3.05. The normalized spacial score (nSPS) is 22.0. The highest BCUT2D eigenvalue weighted by Gasteiger charge is 2.27. The minimum Gasteiger partial charge on any atom is -0.370 e. The van der Waals surface area contributed by atoms with E-state index in [1.807, 2.05) is 0 Å². The highest BCUT2D eigenvalue weighted by atomic mass is 16.5. The predicted molar refractivity (Wildman–Crippen MR) is 66.4 cm³/mol. The van der Waals surface area contributed by atoms with Gasteiger partial charge in [-0.15, -0.1) is 0 Å². The second kappa shape index (κ2) is 7.61. The van der Waals surface area contributed by atoms with Gasteiger partial charge in [-0.25, -0.2) is 0 Å². The van der Waals surface area contributed by atoms with Crippen molar-refractivity contribution >= 4 is 5.78 Å². The number of carbonyl (C=O) groups is 1. The number of allylic oxidation sites excluding steroid dienone is 2. The number of carbonyl (C=O) groups excluding carboxylic acids is 1. The van der Waals surface area contributed by atoms with Crippen molar-refractivity contribution in [2.75, 3.05) is 6.61 Å². The van der Waals surface area contributed by atoms with Crippen molar-refractivity contribution in [3.05, 3.63) is 12.2 Å². The number of rotatable bonds is 7. The molecule has 92 valence electrons. The van der Waals surface area contributed by atoms with E-state index in [-0.39, 0.29) is 6.10 Å². The molecular formula is C14H24O2. The second-order valence-corrected chi connectivity index (χ2v) is 4.55. The third kappa shape index (κ3) is 4.09. The lowest BCUT2D eigenvalue weighted by atomic mass is 9.86. The predicted octanol–water partition coefficient (Wildman–Crippen LogP) is 3.51. The van der Waals surface area contributed by atoms with Crippen LogP contribution in [0.3, 0.4) is 0 Å². The van der Waals surface area contributed by atoms with Gasteiger partial charge in [0.2, 0.25) is 0 Å². The number of hydrogen-bond acceptors (Lipinski definition) is 2. The van der Waals surface area contributed by atoms with Gasteiger partial charge in [0, 0.05) is 13.0 Å². The molecule has 0 amide bonds. The molecule has 0 aromatic carbocycles. The van der Waals surface area contributed by atoms with Gasteiger partial charge >= 0.3 is 0 Å². The topological polar surface area (TPSA) is 26.3 Å². The zero-order valence-electron chi connectivity index (χ0n) is 10.6. The Kier molecular flexibility index (Phi) is 6.39. The molecule has 2 heteroatoms. The quantitative estimate of drug-likeness (QED) is 0.619. The van der Waals surface area contributed by atoms with Crippen LogP contribution in [0.4, 0.5) is 0 Å². The SMILES string of the molecule is CCCOC(C(=O)CCC)C1CC=CCC1. The average Bonchev–Trinajstić information content (AvgIpc) is 2.31. The van der Waals surface area contributed by atoms with Gasteiger partial charge < -0.3 is 4.74 Å². The molecule has 0 saturated carbocycles. The molecule has 0 heterocycles. The Balaban J connectivity index is 2.54. The number of hydrogen-bond donors (Lipinski definition) is 0. The van der Waals surface area contributed by atoms with E-state index in [0.717, 1.165) is 32.1 Å². The summed E-state index contributed by atoms with van der Waals surface area (Å²) in [4.78, 5) is 12.0. The van der Waals surface area contributed by atoms with E-state index in [1.54, 1.807) is 0 Å². The largest absolute Gasteiger partial charge is 0.370 e. The second-order valence-electron chi connectivity index (χ2n) is 4.55. The number of Topliss-reactive ketones (excluding diaryl/α,β-unsaturated/α-hetero) is 1. The van der Waals surface area contributed by atoms with E-state index in [9.17, 15) is 4.79 Å². The van der Waals surface area contributed by atoms with Crippen molar-refractivity contribution in [1.29, 1.82) is 0 Å². The fraction of sp³-hybridized carbons (Fsp3) is 0.786. The summed E-state index contributed by atoms with van der Waals surface area (Å²) in [6, 6.07) is 0. The van der Waals surface area contributed by atoms with E-state index in [2.05, 4.69) is 26.0 Å². The first-order valence-corrected chi connectivity index (χ1v) is 6.58. The molecule has 0 aromatic rings. The zero-order chi connectivity index (χ0) is 11.8. The van der Waals surface area contributed by atoms with E-state index >= 15 is 0 Å². The Bertz CT molecular complexity index is 233. The van der Waals surface area contributed by atoms with Crippen LogP contribution in [0.5, 0.6) is 0 Å². The van der Waals surface area contributed by atoms with Crippen LogP contribution in [-0.2, 0) is 9.53 Å². The van der Waals surface area contributed by atoms with Gasteiger partial charge in [0.05, 0.1) is 0 Å². The van der Waals surface area contributed by atoms with Gasteiger partial charge in [-0.2, -0.15) is 0 Å². The first kappa shape index (κ1) is 13.4. The van der Waals surface area contributed by atoms with Crippen LogP contribution in [0, 0.1) is 5.92 Å². The van der Waals surface area contributed by atoms with Crippen LogP contribution < -0.4 is 0 Å². The standard InChI is InChI=1S/C14H24O2/c1-3-8-13(15)14(16-11-4-2)12-9-6-5-7-10-12/h5-6,12,14H,3-4,7-11H2,1-2H3. The highest BCUT2D eigenvalue weighted by Crippen LogP contribution is 2.25. The number of ether oxygens (including phenoxy) is 1. The molecule has 1 aliphatic rings. The summed E-state index contributed by atoms with van der Waals surface area (Å²) in [5, 5.41) is 0. The maximum Gasteiger partial charge on any atom is 0.161 e. The Morgan fingerprint density at radius 3 is 2.75 bits per heavy atom. The molecule has 2 nitrogen and oxygen atoms in total. The van der Waals surface area contributed by atoms with Crippen LogP contribution in [0.15, 0.2) is 12.2 Å². The Morgan fingerprint density at radius 1 is 1.38 bits per heavy atom. The molecule has 0 aliphatic heterocycles. The van der Waals surface area contributed by atoms with Gasteiger partial charge in [-0.05, 0) is 38.0 Å². The van der Waals surface area contributed by atoms with E-state index < -0.39 is 0 Å². The first-order valence-electron chi connectivity index (χ1n) is 6.58. The van der Waals surface area contributed by atoms with Crippen molar-refractivity contribution in [2.45, 2.75) is 58.5 Å². The first-order chi connectivity index (χ1) is 7.79. The lowest BCUT2D eigenvalue weighted by molar-refractivity contribution is -0.134. The van der Waals surface area contributed by atoms with Gasteiger partial charge in [-0.3, -0.25) is 4.79 Å². The van der Waals surface area contributed by atoms with Gasteiger partial charge in [0.1, 0.15) is 6.10 Å². The monoisotopic (exact) mass is 224 g/mol. The summed E-state index contributed by atoms with van der Waals surface area (Å²) in [6.45, 7) is 4.85.